The van der Waals surface area contributed by atoms with Crippen LogP contribution in [0.15, 0.2) is 47.5 Å². The second kappa shape index (κ2) is 7.79. The van der Waals surface area contributed by atoms with Gasteiger partial charge in [0.15, 0.2) is 0 Å². The molecule has 0 saturated carbocycles. The zero-order valence-electron chi connectivity index (χ0n) is 14.0. The van der Waals surface area contributed by atoms with Crippen LogP contribution in [0.1, 0.15) is 42.5 Å². The molecule has 116 valence electrons. The molecule has 2 heteroatoms. The Morgan fingerprint density at radius 2 is 1.77 bits per heavy atom. The number of benzene rings is 2. The highest BCUT2D eigenvalue weighted by Crippen LogP contribution is 2.15. The molecular formula is C20H25NO. The predicted molar refractivity (Wildman–Crippen MR) is 94.0 cm³/mol. The van der Waals surface area contributed by atoms with Gasteiger partial charge in [-0.3, -0.25) is 4.99 Å². The summed E-state index contributed by atoms with van der Waals surface area (Å²) in [4.78, 5) is 4.49. The third kappa shape index (κ3) is 4.73. The molecule has 0 aliphatic carbocycles. The van der Waals surface area contributed by atoms with Gasteiger partial charge in [0, 0.05) is 12.3 Å². The zero-order valence-corrected chi connectivity index (χ0v) is 14.0. The van der Waals surface area contributed by atoms with Crippen LogP contribution in [0, 0.1) is 13.8 Å². The first-order chi connectivity index (χ1) is 10.6. The van der Waals surface area contributed by atoms with E-state index in [-0.39, 0.29) is 0 Å². The van der Waals surface area contributed by atoms with Gasteiger partial charge in [0.1, 0.15) is 12.4 Å². The Labute approximate surface area is 133 Å². The maximum Gasteiger partial charge on any atom is 0.119 e. The fraction of sp³-hybridized carbons (Fsp3) is 0.350. The van der Waals surface area contributed by atoms with Crippen LogP contribution in [0.5, 0.6) is 5.75 Å². The Morgan fingerprint density at radius 3 is 2.41 bits per heavy atom. The summed E-state index contributed by atoms with van der Waals surface area (Å²) in [7, 11) is 0. The minimum Gasteiger partial charge on any atom is -0.489 e. The fourth-order valence-electron chi connectivity index (χ4n) is 2.03. The molecule has 0 saturated heterocycles. The molecule has 0 aliphatic rings. The summed E-state index contributed by atoms with van der Waals surface area (Å²) in [5.41, 5.74) is 4.93. The number of aryl methyl sites for hydroxylation is 2. The largest absolute Gasteiger partial charge is 0.489 e. The standard InChI is InChI=1S/C20H25NO/c1-5-17(4)21-13-18-8-10-20(11-9-18)22-14-19-7-6-15(2)16(3)12-19/h6-13,17H,5,14H2,1-4H3/b21-13+. The topological polar surface area (TPSA) is 21.6 Å². The summed E-state index contributed by atoms with van der Waals surface area (Å²) < 4.78 is 5.84. The lowest BCUT2D eigenvalue weighted by molar-refractivity contribution is 0.306. The maximum absolute atomic E-state index is 5.84. The molecule has 0 aliphatic heterocycles. The molecule has 1 atom stereocenters. The Kier molecular flexibility index (Phi) is 5.76. The molecule has 2 nitrogen and oxygen atoms in total. The van der Waals surface area contributed by atoms with Crippen molar-refractivity contribution in [3.63, 3.8) is 0 Å². The molecule has 2 rings (SSSR count). The van der Waals surface area contributed by atoms with E-state index in [4.69, 9.17) is 4.74 Å². The van der Waals surface area contributed by atoms with Gasteiger partial charge < -0.3 is 4.74 Å². The van der Waals surface area contributed by atoms with Crippen LogP contribution in [0.25, 0.3) is 0 Å². The molecule has 1 unspecified atom stereocenters. The van der Waals surface area contributed by atoms with Crippen LogP contribution in [0.3, 0.4) is 0 Å². The smallest absolute Gasteiger partial charge is 0.119 e. The van der Waals surface area contributed by atoms with Gasteiger partial charge >= 0.3 is 0 Å². The van der Waals surface area contributed by atoms with Gasteiger partial charge in [0.25, 0.3) is 0 Å². The molecule has 22 heavy (non-hydrogen) atoms. The van der Waals surface area contributed by atoms with Crippen LogP contribution in [0.2, 0.25) is 0 Å². The van der Waals surface area contributed by atoms with Crippen molar-refractivity contribution in [3.8, 4) is 5.75 Å². The van der Waals surface area contributed by atoms with Crippen molar-refractivity contribution in [1.82, 2.24) is 0 Å². The van der Waals surface area contributed by atoms with E-state index in [1.54, 1.807) is 0 Å². The first kappa shape index (κ1) is 16.3. The number of hydrogen-bond donors (Lipinski definition) is 0. The first-order valence-electron chi connectivity index (χ1n) is 7.90. The molecule has 2 aromatic carbocycles. The highest BCUT2D eigenvalue weighted by Gasteiger charge is 1.99. The summed E-state index contributed by atoms with van der Waals surface area (Å²) in [6, 6.07) is 14.9. The van der Waals surface area contributed by atoms with Crippen LogP contribution < -0.4 is 4.74 Å². The van der Waals surface area contributed by atoms with Crippen molar-refractivity contribution in [3.05, 3.63) is 64.7 Å². The maximum atomic E-state index is 5.84. The lowest BCUT2D eigenvalue weighted by Crippen LogP contribution is -1.97. The Hall–Kier alpha value is -2.09. The van der Waals surface area contributed by atoms with Crippen molar-refractivity contribution in [2.24, 2.45) is 4.99 Å². The number of nitrogens with zero attached hydrogens (tertiary/aromatic N) is 1. The number of rotatable bonds is 6. The van der Waals surface area contributed by atoms with E-state index in [1.165, 1.54) is 16.7 Å². The lowest BCUT2D eigenvalue weighted by Gasteiger charge is -2.08. The van der Waals surface area contributed by atoms with Gasteiger partial charge in [-0.1, -0.05) is 25.1 Å². The molecule has 0 radical (unpaired) electrons. The molecule has 0 fully saturated rings. The molecule has 0 aromatic heterocycles. The lowest BCUT2D eigenvalue weighted by atomic mass is 10.1. The van der Waals surface area contributed by atoms with Gasteiger partial charge in [-0.15, -0.1) is 0 Å². The Morgan fingerprint density at radius 1 is 1.05 bits per heavy atom. The van der Waals surface area contributed by atoms with Crippen LogP contribution in [-0.2, 0) is 6.61 Å². The normalized spacial score (nSPS) is 12.5. The third-order valence-corrected chi connectivity index (χ3v) is 3.93. The van der Waals surface area contributed by atoms with Gasteiger partial charge in [0.2, 0.25) is 0 Å². The molecule has 0 spiro atoms. The second-order valence-corrected chi connectivity index (χ2v) is 5.81. The van der Waals surface area contributed by atoms with E-state index in [1.807, 2.05) is 30.5 Å². The van der Waals surface area contributed by atoms with Gasteiger partial charge in [-0.05, 0) is 73.7 Å². The molecule has 2 aromatic rings. The summed E-state index contributed by atoms with van der Waals surface area (Å²) in [5.74, 6) is 0.888. The van der Waals surface area contributed by atoms with Crippen LogP contribution >= 0.6 is 0 Å². The molecule has 0 amide bonds. The van der Waals surface area contributed by atoms with Crippen molar-refractivity contribution in [1.29, 1.82) is 0 Å². The zero-order chi connectivity index (χ0) is 15.9. The van der Waals surface area contributed by atoms with Crippen molar-refractivity contribution in [2.45, 2.75) is 46.8 Å². The SMILES string of the molecule is CCC(C)/N=C/c1ccc(OCc2ccc(C)c(C)c2)cc1. The van der Waals surface area contributed by atoms with E-state index in [0.717, 1.165) is 17.7 Å². The predicted octanol–water partition coefficient (Wildman–Crippen LogP) is 5.10. The second-order valence-electron chi connectivity index (χ2n) is 5.81. The summed E-state index contributed by atoms with van der Waals surface area (Å²) in [5, 5.41) is 0. The highest BCUT2D eigenvalue weighted by molar-refractivity contribution is 5.79. The molecule has 0 heterocycles. The van der Waals surface area contributed by atoms with E-state index in [0.29, 0.717) is 12.6 Å². The van der Waals surface area contributed by atoms with E-state index in [9.17, 15) is 0 Å². The average molecular weight is 295 g/mol. The molecule has 0 bridgehead atoms. The monoisotopic (exact) mass is 295 g/mol. The highest BCUT2D eigenvalue weighted by atomic mass is 16.5. The first-order valence-corrected chi connectivity index (χ1v) is 7.90. The third-order valence-electron chi connectivity index (χ3n) is 3.93. The van der Waals surface area contributed by atoms with Gasteiger partial charge in [0.05, 0.1) is 0 Å². The molecular weight excluding hydrogens is 270 g/mol. The van der Waals surface area contributed by atoms with Crippen LogP contribution in [-0.4, -0.2) is 12.3 Å². The molecule has 0 N–H and O–H groups in total. The summed E-state index contributed by atoms with van der Waals surface area (Å²) >= 11 is 0. The van der Waals surface area contributed by atoms with Gasteiger partial charge in [-0.2, -0.15) is 0 Å². The average Bonchev–Trinajstić information content (AvgIpc) is 2.54. The van der Waals surface area contributed by atoms with Crippen molar-refractivity contribution >= 4 is 6.21 Å². The van der Waals surface area contributed by atoms with E-state index >= 15 is 0 Å². The minimum absolute atomic E-state index is 0.376. The number of ether oxygens (including phenoxy) is 1. The quantitative estimate of drug-likeness (QED) is 0.679. The van der Waals surface area contributed by atoms with Crippen molar-refractivity contribution in [2.75, 3.05) is 0 Å². The summed E-state index contributed by atoms with van der Waals surface area (Å²) in [6.45, 7) is 9.12. The Balaban J connectivity index is 1.93. The fourth-order valence-corrected chi connectivity index (χ4v) is 2.03. The number of hydrogen-bond acceptors (Lipinski definition) is 2. The number of aliphatic imine (C=N–C) groups is 1. The van der Waals surface area contributed by atoms with Crippen molar-refractivity contribution < 1.29 is 4.74 Å². The van der Waals surface area contributed by atoms with Gasteiger partial charge in [-0.25, -0.2) is 0 Å². The van der Waals surface area contributed by atoms with Crippen LogP contribution in [0.4, 0.5) is 0 Å². The summed E-state index contributed by atoms with van der Waals surface area (Å²) in [6.07, 6.45) is 2.99. The Bertz CT molecular complexity index is 629. The van der Waals surface area contributed by atoms with E-state index in [2.05, 4.69) is 50.9 Å². The minimum atomic E-state index is 0.376. The van der Waals surface area contributed by atoms with E-state index < -0.39 is 0 Å².